The van der Waals surface area contributed by atoms with Gasteiger partial charge in [-0.1, -0.05) is 32.0 Å². The Kier molecular flexibility index (Phi) is 5.20. The van der Waals surface area contributed by atoms with Crippen molar-refractivity contribution in [3.05, 3.63) is 30.3 Å². The van der Waals surface area contributed by atoms with Crippen LogP contribution in [0.5, 0.6) is 0 Å². The number of nitrogens with one attached hydrogen (secondary N) is 2. The fourth-order valence-corrected chi connectivity index (χ4v) is 2.36. The van der Waals surface area contributed by atoms with Crippen LogP contribution in [0.15, 0.2) is 30.3 Å². The van der Waals surface area contributed by atoms with Crippen molar-refractivity contribution < 1.29 is 9.59 Å². The highest BCUT2D eigenvalue weighted by Crippen LogP contribution is 2.20. The summed E-state index contributed by atoms with van der Waals surface area (Å²) in [6, 6.07) is 8.85. The van der Waals surface area contributed by atoms with Crippen LogP contribution < -0.4 is 15.5 Å². The van der Waals surface area contributed by atoms with Crippen molar-refractivity contribution in [3.63, 3.8) is 0 Å². The molecule has 1 aromatic carbocycles. The third kappa shape index (κ3) is 4.21. The predicted molar refractivity (Wildman–Crippen MR) is 83.2 cm³/mol. The molecular weight excluding hydrogens is 266 g/mol. The molecule has 0 bridgehead atoms. The Balaban J connectivity index is 1.83. The third-order valence-corrected chi connectivity index (χ3v) is 3.59. The molecule has 1 aliphatic heterocycles. The first-order valence-electron chi connectivity index (χ1n) is 7.48. The molecule has 0 radical (unpaired) electrons. The number of benzene rings is 1. The molecule has 1 atom stereocenters. The maximum absolute atomic E-state index is 12.3. The number of carbonyl (C=O) groups excluding carboxylic acids is 2. The van der Waals surface area contributed by atoms with Crippen molar-refractivity contribution in [1.82, 2.24) is 10.6 Å². The molecule has 1 heterocycles. The first kappa shape index (κ1) is 15.4. The van der Waals surface area contributed by atoms with Crippen molar-refractivity contribution in [2.75, 3.05) is 18.0 Å². The summed E-state index contributed by atoms with van der Waals surface area (Å²) in [4.78, 5) is 25.8. The number of amides is 3. The SMILES string of the molecule is CC(C)CCNC(=O)N[C@@H]1CCN(c2ccccc2)C1=O. The van der Waals surface area contributed by atoms with Gasteiger partial charge in [0.1, 0.15) is 6.04 Å². The van der Waals surface area contributed by atoms with Crippen LogP contribution in [0.4, 0.5) is 10.5 Å². The summed E-state index contributed by atoms with van der Waals surface area (Å²) in [7, 11) is 0. The second kappa shape index (κ2) is 7.11. The Labute approximate surface area is 125 Å². The Bertz CT molecular complexity index is 488. The lowest BCUT2D eigenvalue weighted by atomic mass is 10.1. The first-order chi connectivity index (χ1) is 10.1. The zero-order valence-electron chi connectivity index (χ0n) is 12.6. The van der Waals surface area contributed by atoms with Gasteiger partial charge in [-0.15, -0.1) is 0 Å². The van der Waals surface area contributed by atoms with Gasteiger partial charge in [0, 0.05) is 18.8 Å². The molecule has 21 heavy (non-hydrogen) atoms. The van der Waals surface area contributed by atoms with Crippen LogP contribution in [0.3, 0.4) is 0 Å². The lowest BCUT2D eigenvalue weighted by Gasteiger charge is -2.17. The van der Waals surface area contributed by atoms with Gasteiger partial charge in [0.15, 0.2) is 0 Å². The van der Waals surface area contributed by atoms with Gasteiger partial charge in [-0.25, -0.2) is 4.79 Å². The van der Waals surface area contributed by atoms with Gasteiger partial charge < -0.3 is 15.5 Å². The number of rotatable bonds is 5. The maximum Gasteiger partial charge on any atom is 0.315 e. The van der Waals surface area contributed by atoms with Crippen LogP contribution in [-0.4, -0.2) is 31.1 Å². The molecule has 5 nitrogen and oxygen atoms in total. The summed E-state index contributed by atoms with van der Waals surface area (Å²) in [5.74, 6) is 0.507. The van der Waals surface area contributed by atoms with Crippen LogP contribution in [0.2, 0.25) is 0 Å². The van der Waals surface area contributed by atoms with Crippen molar-refractivity contribution in [2.24, 2.45) is 5.92 Å². The lowest BCUT2D eigenvalue weighted by molar-refractivity contribution is -0.118. The molecule has 2 N–H and O–H groups in total. The van der Waals surface area contributed by atoms with E-state index in [-0.39, 0.29) is 11.9 Å². The van der Waals surface area contributed by atoms with Gasteiger partial charge in [-0.05, 0) is 30.9 Å². The Morgan fingerprint density at radius 3 is 2.71 bits per heavy atom. The predicted octanol–water partition coefficient (Wildman–Crippen LogP) is 2.14. The van der Waals surface area contributed by atoms with E-state index in [0.29, 0.717) is 25.4 Å². The quantitative estimate of drug-likeness (QED) is 0.872. The van der Waals surface area contributed by atoms with Gasteiger partial charge in [0.25, 0.3) is 0 Å². The molecule has 1 aliphatic rings. The van der Waals surface area contributed by atoms with E-state index in [2.05, 4.69) is 24.5 Å². The van der Waals surface area contributed by atoms with Gasteiger partial charge in [-0.2, -0.15) is 0 Å². The van der Waals surface area contributed by atoms with Gasteiger partial charge in [-0.3, -0.25) is 4.79 Å². The summed E-state index contributed by atoms with van der Waals surface area (Å²) in [5.41, 5.74) is 0.881. The molecule has 0 unspecified atom stereocenters. The highest BCUT2D eigenvalue weighted by molar-refractivity contribution is 6.01. The van der Waals surface area contributed by atoms with Gasteiger partial charge in [0.2, 0.25) is 5.91 Å². The average molecular weight is 289 g/mol. The van der Waals surface area contributed by atoms with E-state index in [0.717, 1.165) is 12.1 Å². The Morgan fingerprint density at radius 2 is 2.05 bits per heavy atom. The second-order valence-electron chi connectivity index (χ2n) is 5.75. The van der Waals surface area contributed by atoms with E-state index in [1.807, 2.05) is 30.3 Å². The molecule has 0 aliphatic carbocycles. The zero-order chi connectivity index (χ0) is 15.2. The first-order valence-corrected chi connectivity index (χ1v) is 7.48. The number of anilines is 1. The van der Waals surface area contributed by atoms with E-state index in [1.54, 1.807) is 4.90 Å². The summed E-state index contributed by atoms with van der Waals surface area (Å²) >= 11 is 0. The van der Waals surface area contributed by atoms with Crippen LogP contribution in [0.25, 0.3) is 0 Å². The van der Waals surface area contributed by atoms with E-state index < -0.39 is 6.04 Å². The monoisotopic (exact) mass is 289 g/mol. The molecule has 114 valence electrons. The summed E-state index contributed by atoms with van der Waals surface area (Å²) in [6.07, 6.45) is 1.58. The summed E-state index contributed by atoms with van der Waals surface area (Å²) in [6.45, 7) is 5.49. The van der Waals surface area contributed by atoms with Crippen LogP contribution in [-0.2, 0) is 4.79 Å². The van der Waals surface area contributed by atoms with Gasteiger partial charge in [0.05, 0.1) is 0 Å². The topological polar surface area (TPSA) is 61.4 Å². The number of hydrogen-bond acceptors (Lipinski definition) is 2. The molecule has 3 amide bonds. The average Bonchev–Trinajstić information content (AvgIpc) is 2.81. The number of urea groups is 1. The number of nitrogens with zero attached hydrogens (tertiary/aromatic N) is 1. The normalized spacial score (nSPS) is 18.1. The highest BCUT2D eigenvalue weighted by atomic mass is 16.2. The molecule has 1 aromatic rings. The Hall–Kier alpha value is -2.04. The van der Waals surface area contributed by atoms with Crippen molar-refractivity contribution in [1.29, 1.82) is 0 Å². The molecule has 5 heteroatoms. The maximum atomic E-state index is 12.3. The minimum Gasteiger partial charge on any atom is -0.338 e. The number of carbonyl (C=O) groups is 2. The van der Waals surface area contributed by atoms with E-state index in [1.165, 1.54) is 0 Å². The van der Waals surface area contributed by atoms with E-state index in [4.69, 9.17) is 0 Å². The highest BCUT2D eigenvalue weighted by Gasteiger charge is 2.33. The standard InChI is InChI=1S/C16H23N3O2/c1-12(2)8-10-17-16(21)18-14-9-11-19(15(14)20)13-6-4-3-5-7-13/h3-7,12,14H,8-11H2,1-2H3,(H2,17,18,21)/t14-/m1/s1. The van der Waals surface area contributed by atoms with Crippen LogP contribution >= 0.6 is 0 Å². The minimum absolute atomic E-state index is 0.0415. The Morgan fingerprint density at radius 1 is 1.33 bits per heavy atom. The van der Waals surface area contributed by atoms with Crippen molar-refractivity contribution >= 4 is 17.6 Å². The van der Waals surface area contributed by atoms with Crippen LogP contribution in [0.1, 0.15) is 26.7 Å². The summed E-state index contributed by atoms with van der Waals surface area (Å²) < 4.78 is 0. The van der Waals surface area contributed by atoms with Crippen molar-refractivity contribution in [3.8, 4) is 0 Å². The van der Waals surface area contributed by atoms with E-state index >= 15 is 0 Å². The van der Waals surface area contributed by atoms with E-state index in [9.17, 15) is 9.59 Å². The molecule has 0 spiro atoms. The molecule has 2 rings (SSSR count). The number of hydrogen-bond donors (Lipinski definition) is 2. The third-order valence-electron chi connectivity index (χ3n) is 3.59. The largest absolute Gasteiger partial charge is 0.338 e. The smallest absolute Gasteiger partial charge is 0.315 e. The minimum atomic E-state index is -0.427. The van der Waals surface area contributed by atoms with Crippen LogP contribution in [0, 0.1) is 5.92 Å². The summed E-state index contributed by atoms with van der Waals surface area (Å²) in [5, 5.41) is 5.56. The molecular formula is C16H23N3O2. The number of para-hydroxylation sites is 1. The molecule has 0 saturated carbocycles. The zero-order valence-corrected chi connectivity index (χ0v) is 12.6. The lowest BCUT2D eigenvalue weighted by Crippen LogP contribution is -2.46. The second-order valence-corrected chi connectivity index (χ2v) is 5.75. The fraction of sp³-hybridized carbons (Fsp3) is 0.500. The van der Waals surface area contributed by atoms with Crippen molar-refractivity contribution in [2.45, 2.75) is 32.7 Å². The fourth-order valence-electron chi connectivity index (χ4n) is 2.36. The molecule has 1 saturated heterocycles. The molecule has 1 fully saturated rings. The molecule has 0 aromatic heterocycles. The van der Waals surface area contributed by atoms with Gasteiger partial charge >= 0.3 is 6.03 Å².